The maximum Gasteiger partial charge on any atom is 0.326 e. The molecule has 0 radical (unpaired) electrons. The van der Waals surface area contributed by atoms with Crippen LogP contribution in [0.5, 0.6) is 0 Å². The molecular formula is C16H21NO5S. The van der Waals surface area contributed by atoms with Crippen LogP contribution >= 0.6 is 0 Å². The number of hydrogen-bond donors (Lipinski definition) is 1. The molecule has 1 aromatic rings. The monoisotopic (exact) mass is 339 g/mol. The predicted molar refractivity (Wildman–Crippen MR) is 85.7 cm³/mol. The Morgan fingerprint density at radius 3 is 2.30 bits per heavy atom. The van der Waals surface area contributed by atoms with Crippen LogP contribution in [0, 0.1) is 0 Å². The number of nitrogens with zero attached hydrogens (tertiary/aromatic N) is 1. The van der Waals surface area contributed by atoms with Crippen molar-refractivity contribution in [3.63, 3.8) is 0 Å². The maximum atomic E-state index is 12.5. The van der Waals surface area contributed by atoms with Crippen LogP contribution in [-0.2, 0) is 32.4 Å². The highest BCUT2D eigenvalue weighted by atomic mass is 32.2. The molecule has 1 aliphatic rings. The number of amides is 1. The second-order valence-electron chi connectivity index (χ2n) is 6.72. The quantitative estimate of drug-likeness (QED) is 0.894. The van der Waals surface area contributed by atoms with Gasteiger partial charge in [0, 0.05) is 13.0 Å². The van der Waals surface area contributed by atoms with E-state index < -0.39 is 38.3 Å². The number of rotatable bonds is 3. The minimum atomic E-state index is -3.66. The first kappa shape index (κ1) is 17.5. The maximum absolute atomic E-state index is 12.5. The fourth-order valence-electron chi connectivity index (χ4n) is 2.47. The summed E-state index contributed by atoms with van der Waals surface area (Å²) in [5, 5.41) is 9.40. The first-order chi connectivity index (χ1) is 10.5. The van der Waals surface area contributed by atoms with Gasteiger partial charge in [-0.2, -0.15) is 0 Å². The van der Waals surface area contributed by atoms with E-state index in [0.29, 0.717) is 0 Å². The van der Waals surface area contributed by atoms with Crippen LogP contribution in [0.3, 0.4) is 0 Å². The Labute approximate surface area is 136 Å². The van der Waals surface area contributed by atoms with Gasteiger partial charge in [0.2, 0.25) is 5.91 Å². The SMILES string of the molecule is CC(C)(C)S(=O)(=O)CC(=O)N1Cc2ccccc2CC1C(=O)O. The highest BCUT2D eigenvalue weighted by Crippen LogP contribution is 2.25. The van der Waals surface area contributed by atoms with E-state index in [1.54, 1.807) is 0 Å². The molecule has 1 aliphatic heterocycles. The van der Waals surface area contributed by atoms with Crippen molar-refractivity contribution in [3.8, 4) is 0 Å². The minimum Gasteiger partial charge on any atom is -0.480 e. The fraction of sp³-hybridized carbons (Fsp3) is 0.500. The summed E-state index contributed by atoms with van der Waals surface area (Å²) in [5.74, 6) is -2.47. The number of fused-ring (bicyclic) bond motifs is 1. The third-order valence-electron chi connectivity index (χ3n) is 4.10. The van der Waals surface area contributed by atoms with Gasteiger partial charge in [-0.3, -0.25) is 4.79 Å². The standard InChI is InChI=1S/C16H21NO5S/c1-16(2,3)23(21,22)10-14(18)17-9-12-7-5-4-6-11(12)8-13(17)15(19)20/h4-7,13H,8-10H2,1-3H3,(H,19,20). The Morgan fingerprint density at radius 1 is 1.22 bits per heavy atom. The van der Waals surface area contributed by atoms with Gasteiger partial charge >= 0.3 is 5.97 Å². The molecule has 0 aromatic heterocycles. The highest BCUT2D eigenvalue weighted by molar-refractivity contribution is 7.93. The first-order valence-corrected chi connectivity index (χ1v) is 8.99. The Kier molecular flexibility index (Phi) is 4.52. The molecule has 23 heavy (non-hydrogen) atoms. The van der Waals surface area contributed by atoms with Gasteiger partial charge in [0.15, 0.2) is 9.84 Å². The van der Waals surface area contributed by atoms with E-state index in [2.05, 4.69) is 0 Å². The van der Waals surface area contributed by atoms with E-state index in [-0.39, 0.29) is 13.0 Å². The average molecular weight is 339 g/mol. The molecule has 0 bridgehead atoms. The van der Waals surface area contributed by atoms with Crippen LogP contribution in [-0.4, -0.2) is 46.8 Å². The molecule has 2 rings (SSSR count). The van der Waals surface area contributed by atoms with Gasteiger partial charge in [0.1, 0.15) is 11.8 Å². The average Bonchev–Trinajstić information content (AvgIpc) is 2.44. The molecule has 0 saturated heterocycles. The van der Waals surface area contributed by atoms with Crippen molar-refractivity contribution in [2.75, 3.05) is 5.75 Å². The van der Waals surface area contributed by atoms with Crippen LogP contribution in [0.4, 0.5) is 0 Å². The number of carbonyl (C=O) groups is 2. The number of hydrogen-bond acceptors (Lipinski definition) is 4. The summed E-state index contributed by atoms with van der Waals surface area (Å²) in [4.78, 5) is 25.1. The Balaban J connectivity index is 2.30. The van der Waals surface area contributed by atoms with Gasteiger partial charge in [-0.15, -0.1) is 0 Å². The molecule has 1 heterocycles. The summed E-state index contributed by atoms with van der Waals surface area (Å²) in [6, 6.07) is 6.26. The van der Waals surface area contributed by atoms with E-state index in [1.807, 2.05) is 24.3 Å². The van der Waals surface area contributed by atoms with Crippen LogP contribution in [0.2, 0.25) is 0 Å². The number of carboxylic acid groups (broad SMARTS) is 1. The van der Waals surface area contributed by atoms with Crippen LogP contribution in [0.25, 0.3) is 0 Å². The third kappa shape index (κ3) is 3.55. The lowest BCUT2D eigenvalue weighted by Crippen LogP contribution is -2.51. The molecule has 1 atom stereocenters. The molecule has 126 valence electrons. The van der Waals surface area contributed by atoms with Crippen LogP contribution in [0.15, 0.2) is 24.3 Å². The largest absolute Gasteiger partial charge is 0.480 e. The molecule has 0 aliphatic carbocycles. The molecular weight excluding hydrogens is 318 g/mol. The third-order valence-corrected chi connectivity index (χ3v) is 6.59. The van der Waals surface area contributed by atoms with Gasteiger partial charge in [-0.05, 0) is 31.9 Å². The summed E-state index contributed by atoms with van der Waals surface area (Å²) in [6.07, 6.45) is 0.187. The van der Waals surface area contributed by atoms with Crippen molar-refractivity contribution in [1.29, 1.82) is 0 Å². The predicted octanol–water partition coefficient (Wildman–Crippen LogP) is 1.24. The van der Waals surface area contributed by atoms with E-state index >= 15 is 0 Å². The van der Waals surface area contributed by atoms with Crippen molar-refractivity contribution in [2.24, 2.45) is 0 Å². The zero-order valence-corrected chi connectivity index (χ0v) is 14.3. The van der Waals surface area contributed by atoms with Crippen LogP contribution in [0.1, 0.15) is 31.9 Å². The zero-order chi connectivity index (χ0) is 17.4. The van der Waals surface area contributed by atoms with Crippen molar-refractivity contribution < 1.29 is 23.1 Å². The normalized spacial score (nSPS) is 18.4. The summed E-state index contributed by atoms with van der Waals surface area (Å²) in [5.41, 5.74) is 1.73. The van der Waals surface area contributed by atoms with Crippen molar-refractivity contribution in [3.05, 3.63) is 35.4 Å². The highest BCUT2D eigenvalue weighted by Gasteiger charge is 2.38. The van der Waals surface area contributed by atoms with Gasteiger partial charge in [-0.25, -0.2) is 13.2 Å². The molecule has 1 N–H and O–H groups in total. The van der Waals surface area contributed by atoms with Crippen LogP contribution < -0.4 is 0 Å². The van der Waals surface area contributed by atoms with Gasteiger partial charge < -0.3 is 10.0 Å². The fourth-order valence-corrected chi connectivity index (χ4v) is 3.39. The van der Waals surface area contributed by atoms with E-state index in [1.165, 1.54) is 20.8 Å². The van der Waals surface area contributed by atoms with Crippen molar-refractivity contribution in [2.45, 2.75) is 44.5 Å². The molecule has 0 saturated carbocycles. The zero-order valence-electron chi connectivity index (χ0n) is 13.4. The summed E-state index contributed by atoms with van der Waals surface area (Å²) in [7, 11) is -3.66. The van der Waals surface area contributed by atoms with E-state index in [0.717, 1.165) is 16.0 Å². The lowest BCUT2D eigenvalue weighted by atomic mass is 9.94. The van der Waals surface area contributed by atoms with Crippen molar-refractivity contribution in [1.82, 2.24) is 4.90 Å². The molecule has 1 amide bonds. The Bertz CT molecular complexity index is 733. The number of carbonyl (C=O) groups excluding carboxylic acids is 1. The molecule has 7 heteroatoms. The summed E-state index contributed by atoms with van der Waals surface area (Å²) in [6.45, 7) is 4.69. The topological polar surface area (TPSA) is 91.8 Å². The Hall–Kier alpha value is -1.89. The second kappa shape index (κ2) is 5.96. The number of carboxylic acids is 1. The summed E-state index contributed by atoms with van der Waals surface area (Å²) >= 11 is 0. The number of sulfone groups is 1. The number of benzene rings is 1. The smallest absolute Gasteiger partial charge is 0.326 e. The van der Waals surface area contributed by atoms with Gasteiger partial charge in [-0.1, -0.05) is 24.3 Å². The minimum absolute atomic E-state index is 0.117. The molecule has 1 unspecified atom stereocenters. The van der Waals surface area contributed by atoms with Gasteiger partial charge in [0.05, 0.1) is 4.75 Å². The number of aliphatic carboxylic acids is 1. The molecule has 0 fully saturated rings. The molecule has 0 spiro atoms. The second-order valence-corrected chi connectivity index (χ2v) is 9.46. The van der Waals surface area contributed by atoms with E-state index in [9.17, 15) is 23.1 Å². The van der Waals surface area contributed by atoms with Crippen molar-refractivity contribution >= 4 is 21.7 Å². The van der Waals surface area contributed by atoms with E-state index in [4.69, 9.17) is 0 Å². The molecule has 1 aromatic carbocycles. The summed E-state index contributed by atoms with van der Waals surface area (Å²) < 4.78 is 23.4. The lowest BCUT2D eigenvalue weighted by molar-refractivity contribution is -0.150. The molecule has 6 nitrogen and oxygen atoms in total. The lowest BCUT2D eigenvalue weighted by Gasteiger charge is -2.35. The Morgan fingerprint density at radius 2 is 1.78 bits per heavy atom. The first-order valence-electron chi connectivity index (χ1n) is 7.34. The van der Waals surface area contributed by atoms with Gasteiger partial charge in [0.25, 0.3) is 0 Å².